The molecule has 1 aliphatic rings. The smallest absolute Gasteiger partial charge is 0.335 e. The minimum absolute atomic E-state index is 0.0375. The van der Waals surface area contributed by atoms with Gasteiger partial charge in [-0.25, -0.2) is 9.36 Å². The molecule has 0 aliphatic carbocycles. The zero-order valence-electron chi connectivity index (χ0n) is 14.2. The maximum atomic E-state index is 12.3. The number of aliphatic imine (C=N–C) groups is 1. The van der Waals surface area contributed by atoms with Crippen LogP contribution in [0.5, 0.6) is 5.88 Å². The number of aromatic hydroxyl groups is 1. The Bertz CT molecular complexity index is 1250. The predicted molar refractivity (Wildman–Crippen MR) is 107 cm³/mol. The highest BCUT2D eigenvalue weighted by Crippen LogP contribution is 2.33. The molecular weight excluding hydrogens is 366 g/mol. The average Bonchev–Trinajstić information content (AvgIpc) is 3.04. The van der Waals surface area contributed by atoms with Gasteiger partial charge in [-0.05, 0) is 36.8 Å². The molecule has 2 N–H and O–H groups in total. The van der Waals surface area contributed by atoms with E-state index in [1.54, 1.807) is 24.4 Å². The van der Waals surface area contributed by atoms with Gasteiger partial charge in [-0.2, -0.15) is 0 Å². The van der Waals surface area contributed by atoms with E-state index in [1.165, 1.54) is 6.08 Å². The van der Waals surface area contributed by atoms with Crippen LogP contribution < -0.4 is 11.2 Å². The number of nitrogens with one attached hydrogen (secondary N) is 1. The van der Waals surface area contributed by atoms with Crippen molar-refractivity contribution in [3.63, 3.8) is 0 Å². The number of aromatic nitrogens is 2. The first kappa shape index (κ1) is 17.1. The second-order valence-electron chi connectivity index (χ2n) is 6.14. The lowest BCUT2D eigenvalue weighted by molar-refractivity contribution is 0.429. The molecule has 0 saturated heterocycles. The third kappa shape index (κ3) is 2.90. The number of nitrogens with zero attached hydrogens (tertiary/aromatic N) is 2. The van der Waals surface area contributed by atoms with E-state index in [1.807, 2.05) is 31.2 Å². The van der Waals surface area contributed by atoms with Crippen molar-refractivity contribution in [2.24, 2.45) is 4.99 Å². The van der Waals surface area contributed by atoms with Gasteiger partial charge in [-0.1, -0.05) is 35.9 Å². The van der Waals surface area contributed by atoms with Crippen LogP contribution in [0.15, 0.2) is 57.0 Å². The quantitative estimate of drug-likeness (QED) is 0.714. The van der Waals surface area contributed by atoms with Crippen LogP contribution in [0.1, 0.15) is 16.7 Å². The van der Waals surface area contributed by atoms with E-state index in [0.29, 0.717) is 16.3 Å². The summed E-state index contributed by atoms with van der Waals surface area (Å²) in [6.07, 6.45) is 3.12. The lowest BCUT2D eigenvalue weighted by Crippen LogP contribution is -2.30. The molecule has 7 heteroatoms. The number of allylic oxidation sites excluding steroid dienone is 1. The van der Waals surface area contributed by atoms with Crippen molar-refractivity contribution in [3.8, 4) is 11.6 Å². The standard InChI is InChI=1S/C20H14ClN3O3/c1-11-6-7-13(9-16(11)21)24-19(26)15(18(25)23-20(24)27)8-12-10-22-17-5-3-2-4-14(12)17/h2-10,26H,1H3,(H,23,25,27)/b12-8+. The van der Waals surface area contributed by atoms with E-state index in [9.17, 15) is 14.7 Å². The molecule has 2 aromatic carbocycles. The topological polar surface area (TPSA) is 87.4 Å². The Balaban J connectivity index is 1.92. The molecule has 1 aliphatic heterocycles. The molecule has 1 aromatic heterocycles. The highest BCUT2D eigenvalue weighted by molar-refractivity contribution is 6.31. The van der Waals surface area contributed by atoms with Crippen molar-refractivity contribution in [1.82, 2.24) is 9.55 Å². The molecule has 2 heterocycles. The number of halogens is 1. The summed E-state index contributed by atoms with van der Waals surface area (Å²) in [6, 6.07) is 12.4. The number of hydrogen-bond acceptors (Lipinski definition) is 4. The van der Waals surface area contributed by atoms with Crippen molar-refractivity contribution in [1.29, 1.82) is 0 Å². The molecule has 0 saturated carbocycles. The van der Waals surface area contributed by atoms with Crippen LogP contribution in [-0.2, 0) is 0 Å². The van der Waals surface area contributed by atoms with E-state index in [-0.39, 0.29) is 5.56 Å². The molecule has 0 amide bonds. The number of H-pyrrole nitrogens is 1. The number of rotatable bonds is 2. The van der Waals surface area contributed by atoms with E-state index in [0.717, 1.165) is 21.4 Å². The Morgan fingerprint density at radius 2 is 1.96 bits per heavy atom. The Morgan fingerprint density at radius 3 is 2.74 bits per heavy atom. The van der Waals surface area contributed by atoms with Crippen LogP contribution in [0.25, 0.3) is 17.3 Å². The first-order valence-corrected chi connectivity index (χ1v) is 8.53. The summed E-state index contributed by atoms with van der Waals surface area (Å²) in [6.45, 7) is 1.83. The van der Waals surface area contributed by atoms with Crippen LogP contribution in [0.3, 0.4) is 0 Å². The molecule has 0 atom stereocenters. The minimum atomic E-state index is -0.750. The molecule has 0 fully saturated rings. The normalized spacial score (nSPS) is 13.9. The summed E-state index contributed by atoms with van der Waals surface area (Å²) in [5.41, 5.74) is 1.99. The zero-order chi connectivity index (χ0) is 19.1. The fraction of sp³-hybridized carbons (Fsp3) is 0.0500. The van der Waals surface area contributed by atoms with Crippen molar-refractivity contribution in [2.75, 3.05) is 0 Å². The SMILES string of the molecule is Cc1ccc(-n2c(O)c(/C=C3\C=Nc4ccccc43)c(=O)[nH]c2=O)cc1Cl. The lowest BCUT2D eigenvalue weighted by atomic mass is 10.1. The molecule has 134 valence electrons. The van der Waals surface area contributed by atoms with Gasteiger partial charge in [0.15, 0.2) is 0 Å². The van der Waals surface area contributed by atoms with Gasteiger partial charge in [0.1, 0.15) is 5.56 Å². The number of benzene rings is 2. The molecule has 3 aromatic rings. The van der Waals surface area contributed by atoms with Gasteiger partial charge in [-0.15, -0.1) is 0 Å². The second kappa shape index (κ2) is 6.41. The summed E-state index contributed by atoms with van der Waals surface area (Å²) >= 11 is 6.13. The first-order valence-electron chi connectivity index (χ1n) is 8.15. The Kier molecular flexibility index (Phi) is 4.05. The number of aryl methyl sites for hydroxylation is 1. The number of hydrogen-bond donors (Lipinski definition) is 2. The maximum absolute atomic E-state index is 12.3. The summed E-state index contributed by atoms with van der Waals surface area (Å²) < 4.78 is 1.01. The van der Waals surface area contributed by atoms with Crippen molar-refractivity contribution in [2.45, 2.75) is 6.92 Å². The molecule has 4 rings (SSSR count). The van der Waals surface area contributed by atoms with Crippen LogP contribution in [0, 0.1) is 6.92 Å². The van der Waals surface area contributed by atoms with Gasteiger partial charge >= 0.3 is 5.69 Å². The minimum Gasteiger partial charge on any atom is -0.494 e. The summed E-state index contributed by atoms with van der Waals surface area (Å²) in [4.78, 5) is 31.1. The molecule has 0 unspecified atom stereocenters. The van der Waals surface area contributed by atoms with Gasteiger partial charge in [0.2, 0.25) is 5.88 Å². The molecule has 27 heavy (non-hydrogen) atoms. The van der Waals surface area contributed by atoms with E-state index in [4.69, 9.17) is 11.6 Å². The molecule has 0 spiro atoms. The monoisotopic (exact) mass is 379 g/mol. The third-order valence-corrected chi connectivity index (χ3v) is 4.80. The Morgan fingerprint density at radius 1 is 1.19 bits per heavy atom. The molecule has 0 bridgehead atoms. The molecular formula is C20H14ClN3O3. The van der Waals surface area contributed by atoms with Crippen LogP contribution in [0.2, 0.25) is 5.02 Å². The van der Waals surface area contributed by atoms with E-state index >= 15 is 0 Å². The fourth-order valence-corrected chi connectivity index (χ4v) is 3.11. The Hall–Kier alpha value is -3.38. The second-order valence-corrected chi connectivity index (χ2v) is 6.55. The summed E-state index contributed by atoms with van der Waals surface area (Å²) in [5, 5.41) is 11.1. The first-order chi connectivity index (χ1) is 13.0. The number of aromatic amines is 1. The van der Waals surface area contributed by atoms with E-state index in [2.05, 4.69) is 9.98 Å². The zero-order valence-corrected chi connectivity index (χ0v) is 15.0. The van der Waals surface area contributed by atoms with E-state index < -0.39 is 17.1 Å². The maximum Gasteiger partial charge on any atom is 0.335 e. The van der Waals surface area contributed by atoms with Gasteiger partial charge in [0, 0.05) is 22.4 Å². The summed E-state index contributed by atoms with van der Waals surface area (Å²) in [7, 11) is 0. The number of fused-ring (bicyclic) bond motifs is 1. The highest BCUT2D eigenvalue weighted by atomic mass is 35.5. The van der Waals surface area contributed by atoms with Gasteiger partial charge in [0.25, 0.3) is 5.56 Å². The van der Waals surface area contributed by atoms with Crippen LogP contribution in [-0.4, -0.2) is 20.9 Å². The highest BCUT2D eigenvalue weighted by Gasteiger charge is 2.17. The summed E-state index contributed by atoms with van der Waals surface area (Å²) in [5.74, 6) is -0.464. The molecule has 6 nitrogen and oxygen atoms in total. The number of para-hydroxylation sites is 1. The van der Waals surface area contributed by atoms with Gasteiger partial charge in [-0.3, -0.25) is 14.8 Å². The fourth-order valence-electron chi connectivity index (χ4n) is 2.94. The van der Waals surface area contributed by atoms with Gasteiger partial charge < -0.3 is 5.11 Å². The molecule has 0 radical (unpaired) electrons. The average molecular weight is 380 g/mol. The van der Waals surface area contributed by atoms with Crippen molar-refractivity contribution >= 4 is 35.2 Å². The van der Waals surface area contributed by atoms with Gasteiger partial charge in [0.05, 0.1) is 11.4 Å². The lowest BCUT2D eigenvalue weighted by Gasteiger charge is -2.11. The van der Waals surface area contributed by atoms with Crippen LogP contribution >= 0.6 is 11.6 Å². The van der Waals surface area contributed by atoms with Crippen LogP contribution in [0.4, 0.5) is 5.69 Å². The van der Waals surface area contributed by atoms with Crippen molar-refractivity contribution in [3.05, 3.63) is 85.0 Å². The predicted octanol–water partition coefficient (Wildman–Crippen LogP) is 3.45. The van der Waals surface area contributed by atoms with Crippen molar-refractivity contribution < 1.29 is 5.11 Å². The largest absolute Gasteiger partial charge is 0.494 e. The third-order valence-electron chi connectivity index (χ3n) is 4.39. The Labute approximate surface area is 158 Å².